The Kier molecular flexibility index (Phi) is 4.27. The number of carbonyl (C=O) groups is 1. The number of carbonyl (C=O) groups excluding carboxylic acids is 1. The molecule has 0 atom stereocenters. The third-order valence-electron chi connectivity index (χ3n) is 3.82. The van der Waals surface area contributed by atoms with Gasteiger partial charge in [0, 0.05) is 16.5 Å². The van der Waals surface area contributed by atoms with Crippen LogP contribution in [0.3, 0.4) is 0 Å². The van der Waals surface area contributed by atoms with E-state index in [0.29, 0.717) is 22.3 Å². The third-order valence-corrected chi connectivity index (χ3v) is 5.14. The quantitative estimate of drug-likeness (QED) is 0.628. The van der Waals surface area contributed by atoms with Gasteiger partial charge in [-0.25, -0.2) is 4.98 Å². The van der Waals surface area contributed by atoms with E-state index in [-0.39, 0.29) is 0 Å². The Morgan fingerprint density at radius 3 is 2.55 bits per heavy atom. The van der Waals surface area contributed by atoms with Crippen LogP contribution in [0.2, 0.25) is 5.02 Å². The van der Waals surface area contributed by atoms with Crippen LogP contribution in [0.4, 0.5) is 0 Å². The summed E-state index contributed by atoms with van der Waals surface area (Å²) in [6, 6.07) is 7.32. The Morgan fingerprint density at radius 2 is 1.95 bits per heavy atom. The number of benzene rings is 1. The lowest BCUT2D eigenvalue weighted by atomic mass is 10.1. The van der Waals surface area contributed by atoms with Crippen LogP contribution in [0.25, 0.3) is 16.2 Å². The Bertz CT molecular complexity index is 803. The SMILES string of the molecule is CCC(CC)c1nn2c(C=O)c(-c3ccc(Cl)cc3)nc2s1. The molecule has 0 amide bonds. The van der Waals surface area contributed by atoms with E-state index >= 15 is 0 Å². The van der Waals surface area contributed by atoms with Gasteiger partial charge in [-0.15, -0.1) is 0 Å². The van der Waals surface area contributed by atoms with Gasteiger partial charge in [-0.1, -0.05) is 48.9 Å². The van der Waals surface area contributed by atoms with Crippen molar-refractivity contribution in [3.05, 3.63) is 40.0 Å². The second kappa shape index (κ2) is 6.18. The van der Waals surface area contributed by atoms with E-state index in [0.717, 1.165) is 34.7 Å². The van der Waals surface area contributed by atoms with Crippen molar-refractivity contribution in [1.29, 1.82) is 0 Å². The molecular weight excluding hydrogens is 318 g/mol. The summed E-state index contributed by atoms with van der Waals surface area (Å²) < 4.78 is 1.66. The first kappa shape index (κ1) is 15.2. The fourth-order valence-corrected chi connectivity index (χ4v) is 3.81. The molecule has 0 saturated carbocycles. The summed E-state index contributed by atoms with van der Waals surface area (Å²) in [5.41, 5.74) is 2.01. The van der Waals surface area contributed by atoms with Crippen LogP contribution in [0.5, 0.6) is 0 Å². The zero-order chi connectivity index (χ0) is 15.7. The Morgan fingerprint density at radius 1 is 1.27 bits per heavy atom. The number of rotatable bonds is 5. The number of fused-ring (bicyclic) bond motifs is 1. The Balaban J connectivity index is 2.11. The van der Waals surface area contributed by atoms with E-state index in [9.17, 15) is 4.79 Å². The minimum absolute atomic E-state index is 0.421. The lowest BCUT2D eigenvalue weighted by Crippen LogP contribution is -1.99. The van der Waals surface area contributed by atoms with Crippen molar-refractivity contribution in [2.45, 2.75) is 32.6 Å². The maximum atomic E-state index is 11.5. The number of hydrogen-bond donors (Lipinski definition) is 0. The summed E-state index contributed by atoms with van der Waals surface area (Å²) in [6.45, 7) is 4.30. The van der Waals surface area contributed by atoms with Crippen molar-refractivity contribution in [2.75, 3.05) is 0 Å². The van der Waals surface area contributed by atoms with Gasteiger partial charge in [0.2, 0.25) is 4.96 Å². The lowest BCUT2D eigenvalue weighted by Gasteiger charge is -2.06. The largest absolute Gasteiger partial charge is 0.296 e. The number of halogens is 1. The molecule has 0 aliphatic carbocycles. The highest BCUT2D eigenvalue weighted by molar-refractivity contribution is 7.16. The van der Waals surface area contributed by atoms with Crippen molar-refractivity contribution < 1.29 is 4.79 Å². The molecule has 114 valence electrons. The van der Waals surface area contributed by atoms with E-state index in [1.54, 1.807) is 28.0 Å². The highest BCUT2D eigenvalue weighted by atomic mass is 35.5. The molecule has 0 spiro atoms. The van der Waals surface area contributed by atoms with E-state index in [2.05, 4.69) is 23.9 Å². The second-order valence-corrected chi connectivity index (χ2v) is 6.54. The first-order valence-electron chi connectivity index (χ1n) is 7.28. The molecule has 0 fully saturated rings. The number of imidazole rings is 1. The van der Waals surface area contributed by atoms with Gasteiger partial charge >= 0.3 is 0 Å². The summed E-state index contributed by atoms with van der Waals surface area (Å²) in [6.07, 6.45) is 2.89. The molecule has 3 rings (SSSR count). The zero-order valence-corrected chi connectivity index (χ0v) is 14.0. The third kappa shape index (κ3) is 2.55. The monoisotopic (exact) mass is 333 g/mol. The average molecular weight is 334 g/mol. The highest BCUT2D eigenvalue weighted by Gasteiger charge is 2.20. The molecule has 1 aromatic carbocycles. The molecule has 0 N–H and O–H groups in total. The van der Waals surface area contributed by atoms with Crippen LogP contribution in [0.1, 0.15) is 48.1 Å². The van der Waals surface area contributed by atoms with Gasteiger partial charge in [-0.05, 0) is 25.0 Å². The summed E-state index contributed by atoms with van der Waals surface area (Å²) in [5, 5.41) is 6.30. The molecule has 4 nitrogen and oxygen atoms in total. The van der Waals surface area contributed by atoms with Gasteiger partial charge < -0.3 is 0 Å². The average Bonchev–Trinajstić information content (AvgIpc) is 3.06. The summed E-state index contributed by atoms with van der Waals surface area (Å²) in [5.74, 6) is 0.421. The molecule has 3 aromatic rings. The maximum Gasteiger partial charge on any atom is 0.213 e. The van der Waals surface area contributed by atoms with Crippen LogP contribution in [0.15, 0.2) is 24.3 Å². The Labute approximate surface area is 137 Å². The van der Waals surface area contributed by atoms with Crippen molar-refractivity contribution in [3.63, 3.8) is 0 Å². The molecule has 0 unspecified atom stereocenters. The molecule has 0 bridgehead atoms. The topological polar surface area (TPSA) is 47.3 Å². The van der Waals surface area contributed by atoms with Gasteiger partial charge in [0.25, 0.3) is 0 Å². The van der Waals surface area contributed by atoms with Crippen LogP contribution in [0, 0.1) is 0 Å². The number of aromatic nitrogens is 3. The zero-order valence-electron chi connectivity index (χ0n) is 12.4. The van der Waals surface area contributed by atoms with Crippen LogP contribution >= 0.6 is 22.9 Å². The highest BCUT2D eigenvalue weighted by Crippen LogP contribution is 2.31. The number of hydrogen-bond acceptors (Lipinski definition) is 4. The minimum Gasteiger partial charge on any atom is -0.296 e. The molecule has 0 radical (unpaired) electrons. The van der Waals surface area contributed by atoms with Gasteiger partial charge in [0.1, 0.15) is 16.4 Å². The maximum absolute atomic E-state index is 11.5. The van der Waals surface area contributed by atoms with Crippen molar-refractivity contribution in [3.8, 4) is 11.3 Å². The minimum atomic E-state index is 0.421. The van der Waals surface area contributed by atoms with Crippen LogP contribution in [-0.4, -0.2) is 20.9 Å². The molecule has 6 heteroatoms. The second-order valence-electron chi connectivity index (χ2n) is 5.12. The van der Waals surface area contributed by atoms with Gasteiger partial charge in [-0.3, -0.25) is 4.79 Å². The van der Waals surface area contributed by atoms with Crippen molar-refractivity contribution >= 4 is 34.2 Å². The molecule has 0 saturated heterocycles. The summed E-state index contributed by atoms with van der Waals surface area (Å²) in [4.78, 5) is 16.9. The standard InChI is InChI=1S/C16H16ClN3OS/c1-3-10(4-2)15-19-20-13(9-21)14(18-16(20)22-15)11-5-7-12(17)8-6-11/h5-10H,3-4H2,1-2H3. The Hall–Kier alpha value is -1.72. The predicted molar refractivity (Wildman–Crippen MR) is 90.0 cm³/mol. The van der Waals surface area contributed by atoms with Crippen LogP contribution < -0.4 is 0 Å². The lowest BCUT2D eigenvalue weighted by molar-refractivity contribution is 0.111. The summed E-state index contributed by atoms with van der Waals surface area (Å²) >= 11 is 7.47. The normalized spacial score (nSPS) is 11.5. The molecule has 22 heavy (non-hydrogen) atoms. The van der Waals surface area contributed by atoms with E-state index in [1.165, 1.54) is 0 Å². The van der Waals surface area contributed by atoms with Gasteiger partial charge in [-0.2, -0.15) is 9.61 Å². The van der Waals surface area contributed by atoms with E-state index in [4.69, 9.17) is 11.6 Å². The van der Waals surface area contributed by atoms with E-state index in [1.807, 2.05) is 12.1 Å². The molecule has 0 aliphatic rings. The first-order valence-corrected chi connectivity index (χ1v) is 8.47. The van der Waals surface area contributed by atoms with Gasteiger partial charge in [0.15, 0.2) is 6.29 Å². The molecular formula is C16H16ClN3OS. The van der Waals surface area contributed by atoms with Gasteiger partial charge in [0.05, 0.1) is 0 Å². The fraction of sp³-hybridized carbons (Fsp3) is 0.312. The summed E-state index contributed by atoms with van der Waals surface area (Å²) in [7, 11) is 0. The number of aldehydes is 1. The fourth-order valence-electron chi connectivity index (χ4n) is 2.51. The van der Waals surface area contributed by atoms with E-state index < -0.39 is 0 Å². The molecule has 2 aromatic heterocycles. The predicted octanol–water partition coefficient (Wildman–Crippen LogP) is 4.83. The first-order chi connectivity index (χ1) is 10.7. The van der Waals surface area contributed by atoms with Crippen LogP contribution in [-0.2, 0) is 0 Å². The number of nitrogens with zero attached hydrogens (tertiary/aromatic N) is 3. The molecule has 2 heterocycles. The van der Waals surface area contributed by atoms with Crippen molar-refractivity contribution in [2.24, 2.45) is 0 Å². The molecule has 0 aliphatic heterocycles. The smallest absolute Gasteiger partial charge is 0.213 e. The van der Waals surface area contributed by atoms with Crippen molar-refractivity contribution in [1.82, 2.24) is 14.6 Å².